The average Bonchev–Trinajstić information content (AvgIpc) is 2.73. The molecule has 2 N–H and O–H groups in total. The SMILES string of the molecule is N#Cc1cccc(NCC2CCC(O)C2)c1. The minimum absolute atomic E-state index is 0.114. The zero-order valence-corrected chi connectivity index (χ0v) is 9.19. The lowest BCUT2D eigenvalue weighted by Crippen LogP contribution is -2.12. The van der Waals surface area contributed by atoms with Gasteiger partial charge in [0.2, 0.25) is 0 Å². The predicted octanol–water partition coefficient (Wildman–Crippen LogP) is 2.13. The van der Waals surface area contributed by atoms with Crippen molar-refractivity contribution in [1.29, 1.82) is 5.26 Å². The highest BCUT2D eigenvalue weighted by molar-refractivity contribution is 5.49. The maximum Gasteiger partial charge on any atom is 0.0992 e. The summed E-state index contributed by atoms with van der Waals surface area (Å²) in [5, 5.41) is 21.5. The Kier molecular flexibility index (Phi) is 3.43. The summed E-state index contributed by atoms with van der Waals surface area (Å²) in [5.41, 5.74) is 1.66. The van der Waals surface area contributed by atoms with Crippen LogP contribution in [-0.2, 0) is 0 Å². The molecule has 0 heterocycles. The second-order valence-corrected chi connectivity index (χ2v) is 4.41. The van der Waals surface area contributed by atoms with Crippen LogP contribution in [0.2, 0.25) is 0 Å². The molecule has 2 atom stereocenters. The molecule has 1 aromatic rings. The van der Waals surface area contributed by atoms with Crippen molar-refractivity contribution < 1.29 is 5.11 Å². The first-order valence-corrected chi connectivity index (χ1v) is 5.70. The zero-order chi connectivity index (χ0) is 11.4. The number of rotatable bonds is 3. The quantitative estimate of drug-likeness (QED) is 0.813. The molecule has 1 aliphatic rings. The Morgan fingerprint density at radius 3 is 3.00 bits per heavy atom. The molecular weight excluding hydrogens is 200 g/mol. The van der Waals surface area contributed by atoms with E-state index in [9.17, 15) is 5.11 Å². The predicted molar refractivity (Wildman–Crippen MR) is 63.0 cm³/mol. The molecule has 1 saturated carbocycles. The maximum atomic E-state index is 9.41. The molecule has 0 radical (unpaired) electrons. The van der Waals surface area contributed by atoms with Crippen LogP contribution in [0, 0.1) is 17.2 Å². The van der Waals surface area contributed by atoms with Crippen molar-refractivity contribution in [2.24, 2.45) is 5.92 Å². The first kappa shape index (κ1) is 11.0. The molecule has 0 spiro atoms. The molecule has 1 aromatic carbocycles. The van der Waals surface area contributed by atoms with Crippen molar-refractivity contribution >= 4 is 5.69 Å². The van der Waals surface area contributed by atoms with Crippen molar-refractivity contribution in [3.8, 4) is 6.07 Å². The Bertz CT molecular complexity index is 397. The van der Waals surface area contributed by atoms with Gasteiger partial charge in [0.1, 0.15) is 0 Å². The third-order valence-electron chi connectivity index (χ3n) is 3.10. The van der Waals surface area contributed by atoms with Gasteiger partial charge < -0.3 is 10.4 Å². The van der Waals surface area contributed by atoms with E-state index in [1.54, 1.807) is 6.07 Å². The highest BCUT2D eigenvalue weighted by Crippen LogP contribution is 2.25. The van der Waals surface area contributed by atoms with E-state index in [2.05, 4.69) is 11.4 Å². The van der Waals surface area contributed by atoms with Gasteiger partial charge in [-0.25, -0.2) is 0 Å². The van der Waals surface area contributed by atoms with E-state index in [1.165, 1.54) is 0 Å². The van der Waals surface area contributed by atoms with Crippen LogP contribution >= 0.6 is 0 Å². The first-order valence-electron chi connectivity index (χ1n) is 5.70. The molecule has 2 unspecified atom stereocenters. The molecule has 0 saturated heterocycles. The topological polar surface area (TPSA) is 56.0 Å². The van der Waals surface area contributed by atoms with Crippen LogP contribution in [0.3, 0.4) is 0 Å². The number of aliphatic hydroxyl groups excluding tert-OH is 1. The molecule has 0 bridgehead atoms. The van der Waals surface area contributed by atoms with E-state index in [1.807, 2.05) is 18.2 Å². The van der Waals surface area contributed by atoms with Crippen molar-refractivity contribution in [3.63, 3.8) is 0 Å². The monoisotopic (exact) mass is 216 g/mol. The zero-order valence-electron chi connectivity index (χ0n) is 9.19. The lowest BCUT2D eigenvalue weighted by molar-refractivity contribution is 0.178. The van der Waals surface area contributed by atoms with E-state index in [0.717, 1.165) is 31.5 Å². The highest BCUT2D eigenvalue weighted by atomic mass is 16.3. The molecule has 0 aliphatic heterocycles. The second kappa shape index (κ2) is 5.00. The normalized spacial score (nSPS) is 24.0. The second-order valence-electron chi connectivity index (χ2n) is 4.41. The van der Waals surface area contributed by atoms with Crippen molar-refractivity contribution in [3.05, 3.63) is 29.8 Å². The Hall–Kier alpha value is -1.53. The molecule has 2 rings (SSSR count). The van der Waals surface area contributed by atoms with E-state index in [-0.39, 0.29) is 6.10 Å². The Morgan fingerprint density at radius 2 is 2.31 bits per heavy atom. The standard InChI is InChI=1S/C13H16N2O/c14-8-10-2-1-3-12(6-10)15-9-11-4-5-13(16)7-11/h1-3,6,11,13,15-16H,4-5,7,9H2. The fourth-order valence-corrected chi connectivity index (χ4v) is 2.19. The maximum absolute atomic E-state index is 9.41. The first-order chi connectivity index (χ1) is 7.78. The summed E-state index contributed by atoms with van der Waals surface area (Å²) >= 11 is 0. The minimum atomic E-state index is -0.114. The van der Waals surface area contributed by atoms with Gasteiger partial charge in [-0.3, -0.25) is 0 Å². The van der Waals surface area contributed by atoms with Crippen LogP contribution < -0.4 is 5.32 Å². The molecule has 84 valence electrons. The Balaban J connectivity index is 1.87. The summed E-state index contributed by atoms with van der Waals surface area (Å²) in [4.78, 5) is 0. The molecule has 3 nitrogen and oxygen atoms in total. The number of hydrogen-bond acceptors (Lipinski definition) is 3. The Labute approximate surface area is 95.7 Å². The summed E-state index contributed by atoms with van der Waals surface area (Å²) in [6, 6.07) is 9.61. The number of benzene rings is 1. The molecule has 0 aromatic heterocycles. The van der Waals surface area contributed by atoms with Crippen molar-refractivity contribution in [2.45, 2.75) is 25.4 Å². The van der Waals surface area contributed by atoms with E-state index < -0.39 is 0 Å². The van der Waals surface area contributed by atoms with Crippen LogP contribution in [0.5, 0.6) is 0 Å². The highest BCUT2D eigenvalue weighted by Gasteiger charge is 2.22. The van der Waals surface area contributed by atoms with Crippen LogP contribution in [0.1, 0.15) is 24.8 Å². The van der Waals surface area contributed by atoms with Gasteiger partial charge in [0.15, 0.2) is 0 Å². The van der Waals surface area contributed by atoms with E-state index in [4.69, 9.17) is 5.26 Å². The molecule has 0 amide bonds. The van der Waals surface area contributed by atoms with Gasteiger partial charge in [-0.1, -0.05) is 6.07 Å². The van der Waals surface area contributed by atoms with Gasteiger partial charge >= 0.3 is 0 Å². The van der Waals surface area contributed by atoms with Crippen LogP contribution in [-0.4, -0.2) is 17.8 Å². The lowest BCUT2D eigenvalue weighted by Gasteiger charge is -2.11. The van der Waals surface area contributed by atoms with Crippen molar-refractivity contribution in [2.75, 3.05) is 11.9 Å². The smallest absolute Gasteiger partial charge is 0.0992 e. The van der Waals surface area contributed by atoms with Crippen LogP contribution in [0.25, 0.3) is 0 Å². The Morgan fingerprint density at radius 1 is 1.44 bits per heavy atom. The number of anilines is 1. The van der Waals surface area contributed by atoms with E-state index >= 15 is 0 Å². The number of nitrogens with one attached hydrogen (secondary N) is 1. The summed E-state index contributed by atoms with van der Waals surface area (Å²) in [6.45, 7) is 0.881. The van der Waals surface area contributed by atoms with Crippen molar-refractivity contribution in [1.82, 2.24) is 0 Å². The molecule has 3 heteroatoms. The largest absolute Gasteiger partial charge is 0.393 e. The number of nitriles is 1. The van der Waals surface area contributed by atoms with Gasteiger partial charge in [0, 0.05) is 12.2 Å². The number of hydrogen-bond donors (Lipinski definition) is 2. The summed E-state index contributed by atoms with van der Waals surface area (Å²) in [7, 11) is 0. The summed E-state index contributed by atoms with van der Waals surface area (Å²) in [5.74, 6) is 0.556. The van der Waals surface area contributed by atoms with Gasteiger partial charge in [-0.15, -0.1) is 0 Å². The molecule has 1 fully saturated rings. The number of aliphatic hydroxyl groups is 1. The molecule has 1 aliphatic carbocycles. The van der Waals surface area contributed by atoms with Gasteiger partial charge in [0.05, 0.1) is 17.7 Å². The van der Waals surface area contributed by atoms with Gasteiger partial charge in [-0.2, -0.15) is 5.26 Å². The third-order valence-corrected chi connectivity index (χ3v) is 3.10. The average molecular weight is 216 g/mol. The lowest BCUT2D eigenvalue weighted by atomic mass is 10.1. The van der Waals surface area contributed by atoms with E-state index in [0.29, 0.717) is 11.5 Å². The van der Waals surface area contributed by atoms with Crippen LogP contribution in [0.15, 0.2) is 24.3 Å². The number of nitrogens with zero attached hydrogens (tertiary/aromatic N) is 1. The molecule has 16 heavy (non-hydrogen) atoms. The fourth-order valence-electron chi connectivity index (χ4n) is 2.19. The summed E-state index contributed by atoms with van der Waals surface area (Å²) in [6.07, 6.45) is 2.79. The fraction of sp³-hybridized carbons (Fsp3) is 0.462. The van der Waals surface area contributed by atoms with Crippen LogP contribution in [0.4, 0.5) is 5.69 Å². The van der Waals surface area contributed by atoms with Gasteiger partial charge in [0.25, 0.3) is 0 Å². The molecular formula is C13H16N2O. The summed E-state index contributed by atoms with van der Waals surface area (Å²) < 4.78 is 0. The third kappa shape index (κ3) is 2.74. The van der Waals surface area contributed by atoms with Gasteiger partial charge in [-0.05, 0) is 43.4 Å². The minimum Gasteiger partial charge on any atom is -0.393 e.